The van der Waals surface area contributed by atoms with E-state index in [1.807, 2.05) is 43.3 Å². The number of aliphatic imine (C=N–C) groups is 1. The van der Waals surface area contributed by atoms with Gasteiger partial charge in [0.2, 0.25) is 5.91 Å². The molecule has 3 rings (SSSR count). The molecule has 0 saturated carbocycles. The maximum absolute atomic E-state index is 12.4. The fourth-order valence-corrected chi connectivity index (χ4v) is 3.15. The van der Waals surface area contributed by atoms with Crippen LogP contribution in [0.1, 0.15) is 25.3 Å². The lowest BCUT2D eigenvalue weighted by atomic mass is 9.97. The van der Waals surface area contributed by atoms with Crippen LogP contribution in [-0.4, -0.2) is 53.6 Å². The molecule has 1 N–H and O–H groups in total. The highest BCUT2D eigenvalue weighted by molar-refractivity contribution is 5.95. The third kappa shape index (κ3) is 4.81. The van der Waals surface area contributed by atoms with E-state index < -0.39 is 18.2 Å². The van der Waals surface area contributed by atoms with Crippen molar-refractivity contribution < 1.29 is 19.1 Å². The van der Waals surface area contributed by atoms with Crippen molar-refractivity contribution in [3.05, 3.63) is 48.0 Å². The van der Waals surface area contributed by atoms with Crippen molar-refractivity contribution in [2.75, 3.05) is 6.54 Å². The number of rotatable bonds is 4. The van der Waals surface area contributed by atoms with Crippen molar-refractivity contribution in [1.82, 2.24) is 10.2 Å². The normalized spacial score (nSPS) is 24.6. The molecule has 2 aliphatic heterocycles. The van der Waals surface area contributed by atoms with Crippen LogP contribution >= 0.6 is 0 Å². The second-order valence-corrected chi connectivity index (χ2v) is 6.76. The number of carbonyl (C=O) groups excluding carboxylic acids is 3. The van der Waals surface area contributed by atoms with Crippen LogP contribution in [0.5, 0.6) is 0 Å². The average molecular weight is 369 g/mol. The van der Waals surface area contributed by atoms with Crippen LogP contribution in [-0.2, 0) is 20.9 Å². The lowest BCUT2D eigenvalue weighted by Gasteiger charge is -2.36. The Hall–Kier alpha value is -2.96. The Labute approximate surface area is 158 Å². The zero-order chi connectivity index (χ0) is 19.2. The van der Waals surface area contributed by atoms with Crippen LogP contribution in [0.3, 0.4) is 0 Å². The summed E-state index contributed by atoms with van der Waals surface area (Å²) in [5.41, 5.74) is 0.883. The first-order chi connectivity index (χ1) is 13.0. The summed E-state index contributed by atoms with van der Waals surface area (Å²) in [6, 6.07) is 8.05. The van der Waals surface area contributed by atoms with Gasteiger partial charge in [-0.25, -0.2) is 4.79 Å². The molecule has 27 heavy (non-hydrogen) atoms. The van der Waals surface area contributed by atoms with Gasteiger partial charge >= 0.3 is 6.09 Å². The Balaban J connectivity index is 1.52. The predicted octanol–water partition coefficient (Wildman–Crippen LogP) is 1.87. The second-order valence-electron chi connectivity index (χ2n) is 6.76. The number of dihydropyridines is 1. The standard InChI is InChI=1S/C20H23N3O4/c1-14-11-17(22-19(25)16-9-5-6-10-21-16)18(24)12-23(14)20(26)27-13-15-7-3-2-4-8-15/h2-8,10,14,16-17H,9,11-13H2,1H3,(H,22,25). The van der Waals surface area contributed by atoms with E-state index in [0.717, 1.165) is 5.56 Å². The minimum Gasteiger partial charge on any atom is -0.445 e. The van der Waals surface area contributed by atoms with Crippen LogP contribution in [0.2, 0.25) is 0 Å². The Bertz CT molecular complexity index is 760. The van der Waals surface area contributed by atoms with E-state index >= 15 is 0 Å². The quantitative estimate of drug-likeness (QED) is 0.878. The van der Waals surface area contributed by atoms with Gasteiger partial charge in [-0.05, 0) is 31.4 Å². The molecule has 0 bridgehead atoms. The van der Waals surface area contributed by atoms with Gasteiger partial charge in [0, 0.05) is 12.3 Å². The van der Waals surface area contributed by atoms with E-state index in [2.05, 4.69) is 10.3 Å². The molecule has 1 saturated heterocycles. The highest BCUT2D eigenvalue weighted by Crippen LogP contribution is 2.18. The van der Waals surface area contributed by atoms with E-state index in [1.165, 1.54) is 4.90 Å². The lowest BCUT2D eigenvalue weighted by molar-refractivity contribution is -0.131. The van der Waals surface area contributed by atoms with E-state index in [1.54, 1.807) is 12.3 Å². The molecule has 1 fully saturated rings. The molecule has 2 amide bonds. The van der Waals surface area contributed by atoms with E-state index in [0.29, 0.717) is 12.8 Å². The Kier molecular flexibility index (Phi) is 6.01. The number of carbonyl (C=O) groups is 3. The van der Waals surface area contributed by atoms with Crippen LogP contribution in [0, 0.1) is 0 Å². The Morgan fingerprint density at radius 1 is 1.30 bits per heavy atom. The molecule has 142 valence electrons. The summed E-state index contributed by atoms with van der Waals surface area (Å²) >= 11 is 0. The predicted molar refractivity (Wildman–Crippen MR) is 100 cm³/mol. The number of piperidine rings is 1. The molecule has 1 aromatic rings. The number of Topliss-reactive ketones (excluding diaryl/α,β-unsaturated/α-hetero) is 1. The lowest BCUT2D eigenvalue weighted by Crippen LogP contribution is -2.57. The summed E-state index contributed by atoms with van der Waals surface area (Å²) in [6.45, 7) is 1.93. The van der Waals surface area contributed by atoms with Gasteiger partial charge in [0.05, 0.1) is 12.6 Å². The summed E-state index contributed by atoms with van der Waals surface area (Å²) in [4.78, 5) is 42.6. The Morgan fingerprint density at radius 2 is 2.07 bits per heavy atom. The first-order valence-electron chi connectivity index (χ1n) is 9.03. The monoisotopic (exact) mass is 369 g/mol. The van der Waals surface area contributed by atoms with Gasteiger partial charge in [0.15, 0.2) is 5.78 Å². The van der Waals surface area contributed by atoms with Crippen molar-refractivity contribution in [2.24, 2.45) is 4.99 Å². The highest BCUT2D eigenvalue weighted by atomic mass is 16.6. The van der Waals surface area contributed by atoms with Gasteiger partial charge < -0.3 is 10.1 Å². The number of nitrogens with one attached hydrogen (secondary N) is 1. The number of allylic oxidation sites excluding steroid dienone is 1. The number of nitrogens with zero attached hydrogens (tertiary/aromatic N) is 2. The molecule has 2 aliphatic rings. The molecule has 0 aromatic heterocycles. The molecule has 0 radical (unpaired) electrons. The van der Waals surface area contributed by atoms with E-state index in [4.69, 9.17) is 4.74 Å². The van der Waals surface area contributed by atoms with Crippen LogP contribution in [0.4, 0.5) is 4.79 Å². The minimum atomic E-state index is -0.605. The molecule has 3 unspecified atom stereocenters. The third-order valence-electron chi connectivity index (χ3n) is 4.73. The fraction of sp³-hybridized carbons (Fsp3) is 0.400. The first kappa shape index (κ1) is 18.8. The van der Waals surface area contributed by atoms with Crippen LogP contribution in [0.25, 0.3) is 0 Å². The molecule has 3 atom stereocenters. The molecule has 1 aromatic carbocycles. The van der Waals surface area contributed by atoms with Crippen molar-refractivity contribution in [3.63, 3.8) is 0 Å². The number of benzene rings is 1. The van der Waals surface area contributed by atoms with Gasteiger partial charge in [-0.2, -0.15) is 0 Å². The van der Waals surface area contributed by atoms with Gasteiger partial charge in [-0.3, -0.25) is 19.5 Å². The van der Waals surface area contributed by atoms with Gasteiger partial charge in [0.1, 0.15) is 12.6 Å². The summed E-state index contributed by atoms with van der Waals surface area (Å²) in [5, 5.41) is 2.77. The maximum atomic E-state index is 12.4. The van der Waals surface area contributed by atoms with Crippen molar-refractivity contribution >= 4 is 24.0 Å². The third-order valence-corrected chi connectivity index (χ3v) is 4.73. The zero-order valence-corrected chi connectivity index (χ0v) is 15.2. The zero-order valence-electron chi connectivity index (χ0n) is 15.2. The second kappa shape index (κ2) is 8.62. The average Bonchev–Trinajstić information content (AvgIpc) is 2.70. The Morgan fingerprint density at radius 3 is 2.78 bits per heavy atom. The molecular weight excluding hydrogens is 346 g/mol. The van der Waals surface area contributed by atoms with Crippen molar-refractivity contribution in [2.45, 2.75) is 44.5 Å². The van der Waals surface area contributed by atoms with Crippen molar-refractivity contribution in [1.29, 1.82) is 0 Å². The maximum Gasteiger partial charge on any atom is 0.410 e. The molecular formula is C20H23N3O4. The smallest absolute Gasteiger partial charge is 0.410 e. The molecule has 0 spiro atoms. The summed E-state index contributed by atoms with van der Waals surface area (Å²) < 4.78 is 5.32. The highest BCUT2D eigenvalue weighted by Gasteiger charge is 2.37. The first-order valence-corrected chi connectivity index (χ1v) is 9.03. The van der Waals surface area contributed by atoms with Gasteiger partial charge in [-0.15, -0.1) is 0 Å². The van der Waals surface area contributed by atoms with Crippen LogP contribution < -0.4 is 5.32 Å². The van der Waals surface area contributed by atoms with Crippen LogP contribution in [0.15, 0.2) is 47.5 Å². The fourth-order valence-electron chi connectivity index (χ4n) is 3.15. The molecule has 7 nitrogen and oxygen atoms in total. The summed E-state index contributed by atoms with van der Waals surface area (Å²) in [6.07, 6.45) is 5.60. The minimum absolute atomic E-state index is 0.0758. The van der Waals surface area contributed by atoms with E-state index in [9.17, 15) is 14.4 Å². The number of amides is 2. The van der Waals surface area contributed by atoms with E-state index in [-0.39, 0.29) is 30.9 Å². The molecule has 0 aliphatic carbocycles. The number of likely N-dealkylation sites (tertiary alicyclic amines) is 1. The summed E-state index contributed by atoms with van der Waals surface area (Å²) in [5.74, 6) is -0.463. The SMILES string of the molecule is CC1CC(NC(=O)C2CC=CC=N2)C(=O)CN1C(=O)OCc1ccccc1. The number of hydrogen-bond acceptors (Lipinski definition) is 5. The topological polar surface area (TPSA) is 88.1 Å². The molecule has 2 heterocycles. The number of hydrogen-bond donors (Lipinski definition) is 1. The molecule has 7 heteroatoms. The van der Waals surface area contributed by atoms with Gasteiger partial charge in [-0.1, -0.05) is 36.4 Å². The largest absolute Gasteiger partial charge is 0.445 e. The van der Waals surface area contributed by atoms with Gasteiger partial charge in [0.25, 0.3) is 0 Å². The number of ether oxygens (including phenoxy) is 1. The summed E-state index contributed by atoms with van der Waals surface area (Å²) in [7, 11) is 0. The van der Waals surface area contributed by atoms with Crippen molar-refractivity contribution in [3.8, 4) is 0 Å². The number of ketones is 1.